The van der Waals surface area contributed by atoms with E-state index in [0.717, 1.165) is 12.0 Å². The van der Waals surface area contributed by atoms with Crippen molar-refractivity contribution in [2.45, 2.75) is 27.2 Å². The molecule has 2 aromatic rings. The van der Waals surface area contributed by atoms with Crippen LogP contribution >= 0.6 is 0 Å². The third-order valence-electron chi connectivity index (χ3n) is 4.55. The Labute approximate surface area is 159 Å². The summed E-state index contributed by atoms with van der Waals surface area (Å²) in [7, 11) is 0. The van der Waals surface area contributed by atoms with E-state index < -0.39 is 6.09 Å². The topological polar surface area (TPSA) is 55.8 Å². The van der Waals surface area contributed by atoms with Gasteiger partial charge in [0.15, 0.2) is 5.76 Å². The Bertz CT molecular complexity index is 880. The SMILES string of the molecule is CCc1ccc(/C=C2\Oc3cc(OC(=O)N(CC)CC)ccc3C2=O)cc1. The van der Waals surface area contributed by atoms with Crippen LogP contribution in [0.1, 0.15) is 42.3 Å². The minimum Gasteiger partial charge on any atom is -0.452 e. The maximum absolute atomic E-state index is 12.5. The molecule has 3 rings (SSSR count). The fraction of sp³-hybridized carbons (Fsp3) is 0.273. The van der Waals surface area contributed by atoms with Crippen molar-refractivity contribution in [2.75, 3.05) is 13.1 Å². The first-order valence-corrected chi connectivity index (χ1v) is 9.19. The molecule has 0 unspecified atom stereocenters. The molecule has 0 spiro atoms. The number of benzene rings is 2. The quantitative estimate of drug-likeness (QED) is 0.720. The summed E-state index contributed by atoms with van der Waals surface area (Å²) in [6.45, 7) is 7.01. The van der Waals surface area contributed by atoms with E-state index in [1.54, 1.807) is 29.2 Å². The summed E-state index contributed by atoms with van der Waals surface area (Å²) in [5.74, 6) is 0.848. The summed E-state index contributed by atoms with van der Waals surface area (Å²) in [5, 5.41) is 0. The van der Waals surface area contributed by atoms with Crippen molar-refractivity contribution >= 4 is 18.0 Å². The minimum absolute atomic E-state index is 0.175. The van der Waals surface area contributed by atoms with Crippen LogP contribution in [0.15, 0.2) is 48.2 Å². The average molecular weight is 365 g/mol. The molecule has 0 aliphatic carbocycles. The Morgan fingerprint density at radius 3 is 2.41 bits per heavy atom. The van der Waals surface area contributed by atoms with Crippen LogP contribution in [0, 0.1) is 0 Å². The molecule has 140 valence electrons. The zero-order valence-electron chi connectivity index (χ0n) is 15.8. The molecule has 5 nitrogen and oxygen atoms in total. The number of ether oxygens (including phenoxy) is 2. The van der Waals surface area contributed by atoms with Crippen LogP contribution in [0.25, 0.3) is 6.08 Å². The third-order valence-corrected chi connectivity index (χ3v) is 4.55. The van der Waals surface area contributed by atoms with Crippen LogP contribution in [0.2, 0.25) is 0 Å². The van der Waals surface area contributed by atoms with Crippen molar-refractivity contribution in [2.24, 2.45) is 0 Å². The van der Waals surface area contributed by atoms with Crippen molar-refractivity contribution in [3.05, 3.63) is 64.9 Å². The second-order valence-corrected chi connectivity index (χ2v) is 6.23. The van der Waals surface area contributed by atoms with Gasteiger partial charge < -0.3 is 14.4 Å². The molecule has 2 aromatic carbocycles. The average Bonchev–Trinajstić information content (AvgIpc) is 2.98. The first-order chi connectivity index (χ1) is 13.0. The maximum Gasteiger partial charge on any atom is 0.415 e. The predicted octanol–water partition coefficient (Wildman–Crippen LogP) is 4.71. The van der Waals surface area contributed by atoms with Gasteiger partial charge in [-0.15, -0.1) is 0 Å². The van der Waals surface area contributed by atoms with Gasteiger partial charge in [0.2, 0.25) is 5.78 Å². The highest BCUT2D eigenvalue weighted by Crippen LogP contribution is 2.35. The lowest BCUT2D eigenvalue weighted by molar-refractivity contribution is 0.101. The van der Waals surface area contributed by atoms with E-state index in [1.165, 1.54) is 5.56 Å². The van der Waals surface area contributed by atoms with Gasteiger partial charge in [-0.2, -0.15) is 0 Å². The van der Waals surface area contributed by atoms with Crippen LogP contribution in [-0.4, -0.2) is 29.9 Å². The lowest BCUT2D eigenvalue weighted by Crippen LogP contribution is -2.33. The Morgan fingerprint density at radius 2 is 1.78 bits per heavy atom. The van der Waals surface area contributed by atoms with Gasteiger partial charge in [0.05, 0.1) is 5.56 Å². The van der Waals surface area contributed by atoms with Crippen LogP contribution < -0.4 is 9.47 Å². The molecule has 0 bridgehead atoms. The van der Waals surface area contributed by atoms with Crippen molar-refractivity contribution in [3.63, 3.8) is 0 Å². The lowest BCUT2D eigenvalue weighted by Gasteiger charge is -2.17. The van der Waals surface area contributed by atoms with Crippen LogP contribution in [0.4, 0.5) is 4.79 Å². The Kier molecular flexibility index (Phi) is 5.60. The number of aryl methyl sites for hydroxylation is 1. The molecule has 0 aromatic heterocycles. The number of hydrogen-bond acceptors (Lipinski definition) is 4. The number of carbonyl (C=O) groups excluding carboxylic acids is 2. The molecule has 0 radical (unpaired) electrons. The minimum atomic E-state index is -0.420. The highest BCUT2D eigenvalue weighted by atomic mass is 16.6. The summed E-state index contributed by atoms with van der Waals surface area (Å²) in [5.41, 5.74) is 2.60. The number of hydrogen-bond donors (Lipinski definition) is 0. The van der Waals surface area contributed by atoms with Crippen LogP contribution in [0.3, 0.4) is 0 Å². The van der Waals surface area contributed by atoms with E-state index in [-0.39, 0.29) is 11.5 Å². The van der Waals surface area contributed by atoms with Gasteiger partial charge in [-0.05, 0) is 49.6 Å². The number of fused-ring (bicyclic) bond motifs is 1. The van der Waals surface area contributed by atoms with Crippen LogP contribution in [0.5, 0.6) is 11.5 Å². The van der Waals surface area contributed by atoms with Gasteiger partial charge in [0, 0.05) is 19.2 Å². The molecule has 0 saturated carbocycles. The Morgan fingerprint density at radius 1 is 1.07 bits per heavy atom. The fourth-order valence-corrected chi connectivity index (χ4v) is 2.88. The largest absolute Gasteiger partial charge is 0.452 e. The summed E-state index contributed by atoms with van der Waals surface area (Å²) in [4.78, 5) is 26.2. The van der Waals surface area contributed by atoms with Crippen molar-refractivity contribution < 1.29 is 19.1 Å². The zero-order chi connectivity index (χ0) is 19.4. The number of nitrogens with zero attached hydrogens (tertiary/aromatic N) is 1. The standard InChI is InChI=1S/C22H23NO4/c1-4-15-7-9-16(10-8-15)13-20-21(24)18-12-11-17(14-19(18)27-20)26-22(25)23(5-2)6-3/h7-14H,4-6H2,1-3H3/b20-13-. The maximum atomic E-state index is 12.5. The van der Waals surface area contributed by atoms with Gasteiger partial charge in [0.25, 0.3) is 0 Å². The van der Waals surface area contributed by atoms with E-state index in [1.807, 2.05) is 38.1 Å². The third kappa shape index (κ3) is 4.03. The summed E-state index contributed by atoms with van der Waals surface area (Å²) in [6.07, 6.45) is 2.27. The summed E-state index contributed by atoms with van der Waals surface area (Å²) < 4.78 is 11.1. The second kappa shape index (κ2) is 8.08. The molecule has 0 N–H and O–H groups in total. The Balaban J connectivity index is 1.78. The molecule has 1 aliphatic rings. The van der Waals surface area contributed by atoms with Crippen molar-refractivity contribution in [1.82, 2.24) is 4.90 Å². The molecule has 1 amide bonds. The number of rotatable bonds is 5. The smallest absolute Gasteiger partial charge is 0.415 e. The van der Waals surface area contributed by atoms with Gasteiger partial charge in [-0.3, -0.25) is 4.79 Å². The van der Waals surface area contributed by atoms with E-state index >= 15 is 0 Å². The molecule has 1 heterocycles. The van der Waals surface area contributed by atoms with Gasteiger partial charge in [0.1, 0.15) is 11.5 Å². The van der Waals surface area contributed by atoms with E-state index in [9.17, 15) is 9.59 Å². The highest BCUT2D eigenvalue weighted by molar-refractivity contribution is 6.14. The van der Waals surface area contributed by atoms with Crippen LogP contribution in [-0.2, 0) is 6.42 Å². The van der Waals surface area contributed by atoms with E-state index in [4.69, 9.17) is 9.47 Å². The molecule has 5 heteroatoms. The fourth-order valence-electron chi connectivity index (χ4n) is 2.88. The monoisotopic (exact) mass is 365 g/mol. The number of allylic oxidation sites excluding steroid dienone is 1. The molecule has 0 saturated heterocycles. The molecule has 1 aliphatic heterocycles. The summed E-state index contributed by atoms with van der Waals surface area (Å²) in [6, 6.07) is 12.8. The number of amides is 1. The number of Topliss-reactive ketones (excluding diaryl/α,β-unsaturated/α-hetero) is 1. The predicted molar refractivity (Wildman–Crippen MR) is 104 cm³/mol. The molecule has 27 heavy (non-hydrogen) atoms. The van der Waals surface area contributed by atoms with Gasteiger partial charge in [-0.1, -0.05) is 31.2 Å². The molecular formula is C22H23NO4. The number of carbonyl (C=O) groups is 2. The normalized spacial score (nSPS) is 14.0. The summed E-state index contributed by atoms with van der Waals surface area (Å²) >= 11 is 0. The molecule has 0 fully saturated rings. The first-order valence-electron chi connectivity index (χ1n) is 9.19. The Hall–Kier alpha value is -3.08. The van der Waals surface area contributed by atoms with E-state index in [0.29, 0.717) is 30.2 Å². The van der Waals surface area contributed by atoms with Gasteiger partial charge in [-0.25, -0.2) is 4.79 Å². The lowest BCUT2D eigenvalue weighted by atomic mass is 10.1. The van der Waals surface area contributed by atoms with Gasteiger partial charge >= 0.3 is 6.09 Å². The first kappa shape index (κ1) is 18.7. The molecule has 0 atom stereocenters. The molecular weight excluding hydrogens is 342 g/mol. The number of ketones is 1. The second-order valence-electron chi connectivity index (χ2n) is 6.23. The van der Waals surface area contributed by atoms with E-state index in [2.05, 4.69) is 6.92 Å². The van der Waals surface area contributed by atoms with Crippen molar-refractivity contribution in [3.8, 4) is 11.5 Å². The highest BCUT2D eigenvalue weighted by Gasteiger charge is 2.28. The van der Waals surface area contributed by atoms with Crippen molar-refractivity contribution in [1.29, 1.82) is 0 Å². The zero-order valence-corrected chi connectivity index (χ0v) is 15.8.